The summed E-state index contributed by atoms with van der Waals surface area (Å²) in [4.78, 5) is 0. The van der Waals surface area contributed by atoms with E-state index in [1.807, 2.05) is 6.92 Å². The van der Waals surface area contributed by atoms with Crippen LogP contribution in [0.25, 0.3) is 10.9 Å². The van der Waals surface area contributed by atoms with Gasteiger partial charge < -0.3 is 14.6 Å². The minimum absolute atomic E-state index is 0.788. The van der Waals surface area contributed by atoms with E-state index in [-0.39, 0.29) is 0 Å². The normalized spacial score (nSPS) is 11.2. The highest BCUT2D eigenvalue weighted by molar-refractivity contribution is 9.10. The summed E-state index contributed by atoms with van der Waals surface area (Å²) in [7, 11) is 0. The zero-order valence-electron chi connectivity index (χ0n) is 10.7. The maximum atomic E-state index is 5.28. The Morgan fingerprint density at radius 2 is 2.17 bits per heavy atom. The summed E-state index contributed by atoms with van der Waals surface area (Å²) < 4.78 is 8.68. The molecule has 0 saturated heterocycles. The first-order chi connectivity index (χ1) is 8.81. The monoisotopic (exact) mass is 310 g/mol. The van der Waals surface area contributed by atoms with Crippen molar-refractivity contribution in [2.24, 2.45) is 0 Å². The summed E-state index contributed by atoms with van der Waals surface area (Å²) in [5, 5.41) is 4.66. The lowest BCUT2D eigenvalue weighted by Crippen LogP contribution is -2.23. The Kier molecular flexibility index (Phi) is 5.23. The van der Waals surface area contributed by atoms with Crippen LogP contribution in [0.15, 0.2) is 34.9 Å². The van der Waals surface area contributed by atoms with E-state index in [0.717, 1.165) is 37.3 Å². The van der Waals surface area contributed by atoms with Crippen molar-refractivity contribution in [1.29, 1.82) is 0 Å². The third-order valence-electron chi connectivity index (χ3n) is 2.89. The number of benzene rings is 1. The van der Waals surface area contributed by atoms with E-state index in [9.17, 15) is 0 Å². The number of aromatic nitrogens is 1. The van der Waals surface area contributed by atoms with Crippen LogP contribution < -0.4 is 5.32 Å². The number of nitrogens with zero attached hydrogens (tertiary/aromatic N) is 1. The van der Waals surface area contributed by atoms with Crippen molar-refractivity contribution in [1.82, 2.24) is 9.88 Å². The van der Waals surface area contributed by atoms with Gasteiger partial charge in [0.15, 0.2) is 0 Å². The maximum Gasteiger partial charge on any atom is 0.0590 e. The van der Waals surface area contributed by atoms with Gasteiger partial charge in [-0.1, -0.05) is 15.9 Å². The Morgan fingerprint density at radius 3 is 3.00 bits per heavy atom. The average Bonchev–Trinajstić information content (AvgIpc) is 2.76. The lowest BCUT2D eigenvalue weighted by Gasteiger charge is -2.07. The van der Waals surface area contributed by atoms with Gasteiger partial charge in [0.1, 0.15) is 0 Å². The Bertz CT molecular complexity index is 495. The Balaban J connectivity index is 1.84. The summed E-state index contributed by atoms with van der Waals surface area (Å²) in [5.41, 5.74) is 1.28. The minimum atomic E-state index is 0.788. The van der Waals surface area contributed by atoms with E-state index in [0.29, 0.717) is 0 Å². The van der Waals surface area contributed by atoms with Gasteiger partial charge in [-0.15, -0.1) is 0 Å². The van der Waals surface area contributed by atoms with E-state index in [1.54, 1.807) is 0 Å². The molecular weight excluding hydrogens is 292 g/mol. The maximum absolute atomic E-state index is 5.28. The van der Waals surface area contributed by atoms with Crippen LogP contribution >= 0.6 is 15.9 Å². The van der Waals surface area contributed by atoms with E-state index >= 15 is 0 Å². The molecule has 0 fully saturated rings. The van der Waals surface area contributed by atoms with Crippen LogP contribution in [0.4, 0.5) is 0 Å². The number of rotatable bonds is 7. The van der Waals surface area contributed by atoms with Crippen molar-refractivity contribution in [3.8, 4) is 0 Å². The second-order valence-electron chi connectivity index (χ2n) is 4.16. The second-order valence-corrected chi connectivity index (χ2v) is 5.07. The van der Waals surface area contributed by atoms with Crippen LogP contribution in [-0.2, 0) is 11.3 Å². The molecule has 1 N–H and O–H groups in total. The molecule has 0 atom stereocenters. The molecule has 0 aliphatic carbocycles. The van der Waals surface area contributed by atoms with Crippen LogP contribution in [0.5, 0.6) is 0 Å². The molecule has 0 radical (unpaired) electrons. The van der Waals surface area contributed by atoms with Gasteiger partial charge in [0, 0.05) is 47.8 Å². The predicted octanol–water partition coefficient (Wildman–Crippen LogP) is 3.03. The van der Waals surface area contributed by atoms with Crippen LogP contribution in [0.3, 0.4) is 0 Å². The summed E-state index contributed by atoms with van der Waals surface area (Å²) in [6.45, 7) is 6.46. The van der Waals surface area contributed by atoms with Gasteiger partial charge in [0.25, 0.3) is 0 Å². The van der Waals surface area contributed by atoms with E-state index < -0.39 is 0 Å². The summed E-state index contributed by atoms with van der Waals surface area (Å²) in [6, 6.07) is 8.54. The molecule has 1 aromatic heterocycles. The Morgan fingerprint density at radius 1 is 1.28 bits per heavy atom. The lowest BCUT2D eigenvalue weighted by atomic mass is 10.2. The molecule has 18 heavy (non-hydrogen) atoms. The number of halogens is 1. The summed E-state index contributed by atoms with van der Waals surface area (Å²) >= 11 is 3.49. The summed E-state index contributed by atoms with van der Waals surface area (Å²) in [5.74, 6) is 0. The smallest absolute Gasteiger partial charge is 0.0590 e. The van der Waals surface area contributed by atoms with Crippen LogP contribution in [0, 0.1) is 0 Å². The molecule has 0 aliphatic rings. The predicted molar refractivity (Wildman–Crippen MR) is 79.0 cm³/mol. The van der Waals surface area contributed by atoms with Crippen LogP contribution in [-0.4, -0.2) is 30.9 Å². The summed E-state index contributed by atoms with van der Waals surface area (Å²) in [6.07, 6.45) is 2.14. The standard InChI is InChI=1S/C14H19BrN2O/c1-2-18-10-7-16-6-9-17-8-5-12-11-13(15)3-4-14(12)17/h3-5,8,11,16H,2,6-7,9-10H2,1H3. The van der Waals surface area contributed by atoms with Gasteiger partial charge in [-0.2, -0.15) is 0 Å². The van der Waals surface area contributed by atoms with Crippen molar-refractivity contribution in [3.63, 3.8) is 0 Å². The minimum Gasteiger partial charge on any atom is -0.380 e. The molecule has 2 aromatic rings. The Hall–Kier alpha value is -0.840. The molecule has 98 valence electrons. The first-order valence-corrected chi connectivity index (χ1v) is 7.13. The third-order valence-corrected chi connectivity index (χ3v) is 3.38. The fourth-order valence-electron chi connectivity index (χ4n) is 1.98. The van der Waals surface area contributed by atoms with Gasteiger partial charge in [-0.3, -0.25) is 0 Å². The fraction of sp³-hybridized carbons (Fsp3) is 0.429. The first kappa shape index (κ1) is 13.6. The van der Waals surface area contributed by atoms with Crippen LogP contribution in [0.1, 0.15) is 6.92 Å². The number of ether oxygens (including phenoxy) is 1. The van der Waals surface area contributed by atoms with E-state index in [4.69, 9.17) is 4.74 Å². The second kappa shape index (κ2) is 6.92. The molecule has 0 saturated carbocycles. The zero-order valence-corrected chi connectivity index (χ0v) is 12.2. The number of fused-ring (bicyclic) bond motifs is 1. The Labute approximate surface area is 116 Å². The largest absolute Gasteiger partial charge is 0.380 e. The van der Waals surface area contributed by atoms with Gasteiger partial charge in [0.05, 0.1) is 6.61 Å². The molecular formula is C14H19BrN2O. The molecule has 0 unspecified atom stereocenters. The lowest BCUT2D eigenvalue weighted by molar-refractivity contribution is 0.149. The third kappa shape index (κ3) is 3.57. The van der Waals surface area contributed by atoms with Crippen molar-refractivity contribution < 1.29 is 4.74 Å². The van der Waals surface area contributed by atoms with E-state index in [1.165, 1.54) is 10.9 Å². The average molecular weight is 311 g/mol. The number of nitrogens with one attached hydrogen (secondary N) is 1. The number of hydrogen-bond acceptors (Lipinski definition) is 2. The molecule has 1 heterocycles. The quantitative estimate of drug-likeness (QED) is 0.796. The van der Waals surface area contributed by atoms with Crippen LogP contribution in [0.2, 0.25) is 0 Å². The van der Waals surface area contributed by atoms with E-state index in [2.05, 4.69) is 56.3 Å². The number of hydrogen-bond donors (Lipinski definition) is 1. The molecule has 0 amide bonds. The first-order valence-electron chi connectivity index (χ1n) is 6.34. The molecule has 1 aromatic carbocycles. The van der Waals surface area contributed by atoms with Crippen molar-refractivity contribution in [2.45, 2.75) is 13.5 Å². The van der Waals surface area contributed by atoms with Crippen molar-refractivity contribution in [2.75, 3.05) is 26.3 Å². The molecule has 0 bridgehead atoms. The fourth-order valence-corrected chi connectivity index (χ4v) is 2.36. The highest BCUT2D eigenvalue weighted by atomic mass is 79.9. The van der Waals surface area contributed by atoms with Gasteiger partial charge in [-0.05, 0) is 31.2 Å². The molecule has 3 nitrogen and oxygen atoms in total. The van der Waals surface area contributed by atoms with Gasteiger partial charge >= 0.3 is 0 Å². The highest BCUT2D eigenvalue weighted by Gasteiger charge is 2.00. The molecule has 0 spiro atoms. The van der Waals surface area contributed by atoms with Gasteiger partial charge in [-0.25, -0.2) is 0 Å². The van der Waals surface area contributed by atoms with Crippen molar-refractivity contribution >= 4 is 26.8 Å². The SMILES string of the molecule is CCOCCNCCn1ccc2cc(Br)ccc21. The topological polar surface area (TPSA) is 26.2 Å². The molecule has 4 heteroatoms. The highest BCUT2D eigenvalue weighted by Crippen LogP contribution is 2.20. The zero-order chi connectivity index (χ0) is 12.8. The van der Waals surface area contributed by atoms with Crippen molar-refractivity contribution in [3.05, 3.63) is 34.9 Å². The molecule has 0 aliphatic heterocycles. The molecule has 2 rings (SSSR count). The van der Waals surface area contributed by atoms with Gasteiger partial charge in [0.2, 0.25) is 0 Å².